The minimum Gasteiger partial charge on any atom is -0.481 e. The second-order valence-electron chi connectivity index (χ2n) is 3.68. The molecule has 0 aromatic heterocycles. The van der Waals surface area contributed by atoms with E-state index in [4.69, 9.17) is 15.3 Å². The maximum Gasteiger partial charge on any atom is 0.307 e. The molecule has 0 aliphatic rings. The van der Waals surface area contributed by atoms with Gasteiger partial charge >= 0.3 is 11.9 Å². The third-order valence-electron chi connectivity index (χ3n) is 2.47. The van der Waals surface area contributed by atoms with Crippen LogP contribution in [0.2, 0.25) is 0 Å². The summed E-state index contributed by atoms with van der Waals surface area (Å²) in [5.74, 6) is -1.92. The van der Waals surface area contributed by atoms with Gasteiger partial charge in [-0.25, -0.2) is 0 Å². The smallest absolute Gasteiger partial charge is 0.307 e. The molecule has 17 heavy (non-hydrogen) atoms. The van der Waals surface area contributed by atoms with E-state index in [-0.39, 0.29) is 25.9 Å². The average molecular weight is 238 g/mol. The molecule has 0 aliphatic carbocycles. The zero-order valence-electron chi connectivity index (χ0n) is 9.22. The fourth-order valence-corrected chi connectivity index (χ4v) is 1.72. The lowest BCUT2D eigenvalue weighted by molar-refractivity contribution is -0.137. The van der Waals surface area contributed by atoms with Crippen molar-refractivity contribution in [1.29, 1.82) is 0 Å². The van der Waals surface area contributed by atoms with Crippen LogP contribution in [0.4, 0.5) is 0 Å². The van der Waals surface area contributed by atoms with Crippen molar-refractivity contribution in [2.75, 3.05) is 0 Å². The third kappa shape index (κ3) is 3.88. The van der Waals surface area contributed by atoms with Crippen molar-refractivity contribution >= 4 is 11.9 Å². The van der Waals surface area contributed by atoms with Gasteiger partial charge in [-0.05, 0) is 23.1 Å². The molecule has 1 aromatic carbocycles. The minimum atomic E-state index is -0.975. The van der Waals surface area contributed by atoms with Crippen molar-refractivity contribution in [1.82, 2.24) is 0 Å². The predicted octanol–water partition coefficient (Wildman–Crippen LogP) is 0.823. The molecule has 0 fully saturated rings. The van der Waals surface area contributed by atoms with Crippen LogP contribution in [0.5, 0.6) is 0 Å². The van der Waals surface area contributed by atoms with Crippen molar-refractivity contribution in [2.45, 2.75) is 25.9 Å². The maximum atomic E-state index is 10.7. The Morgan fingerprint density at radius 3 is 2.24 bits per heavy atom. The third-order valence-corrected chi connectivity index (χ3v) is 2.47. The van der Waals surface area contributed by atoms with Gasteiger partial charge in [0.2, 0.25) is 0 Å². The predicted molar refractivity (Wildman–Crippen MR) is 59.7 cm³/mol. The summed E-state index contributed by atoms with van der Waals surface area (Å²) in [5, 5.41) is 26.5. The summed E-state index contributed by atoms with van der Waals surface area (Å²) in [7, 11) is 0. The molecule has 0 atom stereocenters. The Balaban J connectivity index is 3.01. The Morgan fingerprint density at radius 2 is 1.71 bits per heavy atom. The zero-order chi connectivity index (χ0) is 12.8. The molecule has 92 valence electrons. The summed E-state index contributed by atoms with van der Waals surface area (Å²) >= 11 is 0. The fraction of sp³-hybridized carbons (Fsp3) is 0.333. The highest BCUT2D eigenvalue weighted by molar-refractivity contribution is 5.71. The number of hydrogen-bond acceptors (Lipinski definition) is 3. The molecule has 5 nitrogen and oxygen atoms in total. The van der Waals surface area contributed by atoms with E-state index in [0.29, 0.717) is 16.7 Å². The molecule has 0 spiro atoms. The van der Waals surface area contributed by atoms with Crippen molar-refractivity contribution in [3.8, 4) is 0 Å². The zero-order valence-corrected chi connectivity index (χ0v) is 9.22. The fourth-order valence-electron chi connectivity index (χ4n) is 1.72. The molecule has 0 amide bonds. The quantitative estimate of drug-likeness (QED) is 0.682. The van der Waals surface area contributed by atoms with Gasteiger partial charge in [-0.3, -0.25) is 9.59 Å². The van der Waals surface area contributed by atoms with Crippen molar-refractivity contribution in [2.24, 2.45) is 0 Å². The van der Waals surface area contributed by atoms with Crippen LogP contribution in [-0.2, 0) is 29.0 Å². The number of aliphatic carboxylic acids is 2. The molecule has 0 saturated carbocycles. The molecule has 1 rings (SSSR count). The minimum absolute atomic E-state index is 0.0797. The standard InChI is InChI=1S/C12H14O5/c13-7-9-3-1-2-8(6-12(16)17)10(9)4-5-11(14)15/h1-3,13H,4-7H2,(H,14,15)(H,16,17). The van der Waals surface area contributed by atoms with Crippen LogP contribution < -0.4 is 0 Å². The van der Waals surface area contributed by atoms with Crippen LogP contribution in [0.15, 0.2) is 18.2 Å². The molecule has 0 saturated heterocycles. The first-order valence-corrected chi connectivity index (χ1v) is 5.18. The van der Waals surface area contributed by atoms with Gasteiger partial charge < -0.3 is 15.3 Å². The molecular weight excluding hydrogens is 224 g/mol. The molecular formula is C12H14O5. The highest BCUT2D eigenvalue weighted by Gasteiger charge is 2.12. The Bertz CT molecular complexity index is 425. The van der Waals surface area contributed by atoms with E-state index in [1.54, 1.807) is 18.2 Å². The Labute approximate surface area is 98.3 Å². The van der Waals surface area contributed by atoms with E-state index < -0.39 is 11.9 Å². The van der Waals surface area contributed by atoms with Crippen molar-refractivity contribution < 1.29 is 24.9 Å². The number of rotatable bonds is 6. The number of carboxylic acid groups (broad SMARTS) is 2. The van der Waals surface area contributed by atoms with Gasteiger partial charge in [0.1, 0.15) is 0 Å². The number of aliphatic hydroxyl groups is 1. The summed E-state index contributed by atoms with van der Waals surface area (Å²) < 4.78 is 0. The van der Waals surface area contributed by atoms with Gasteiger partial charge in [0.15, 0.2) is 0 Å². The van der Waals surface area contributed by atoms with E-state index in [2.05, 4.69) is 0 Å². The van der Waals surface area contributed by atoms with Crippen LogP contribution >= 0.6 is 0 Å². The van der Waals surface area contributed by atoms with Crippen molar-refractivity contribution in [3.05, 3.63) is 34.9 Å². The first-order valence-electron chi connectivity index (χ1n) is 5.18. The monoisotopic (exact) mass is 238 g/mol. The number of aliphatic hydroxyl groups excluding tert-OH is 1. The van der Waals surface area contributed by atoms with Gasteiger partial charge in [-0.2, -0.15) is 0 Å². The first-order chi connectivity index (χ1) is 8.04. The van der Waals surface area contributed by atoms with Crippen LogP contribution in [0.1, 0.15) is 23.1 Å². The molecule has 1 aromatic rings. The number of benzene rings is 1. The number of hydrogen-bond donors (Lipinski definition) is 3. The van der Waals surface area contributed by atoms with E-state index >= 15 is 0 Å². The number of carbonyl (C=O) groups is 2. The molecule has 0 heterocycles. The lowest BCUT2D eigenvalue weighted by Gasteiger charge is -2.11. The Hall–Kier alpha value is -1.88. The summed E-state index contributed by atoms with van der Waals surface area (Å²) in [6, 6.07) is 4.97. The van der Waals surface area contributed by atoms with Crippen molar-refractivity contribution in [3.63, 3.8) is 0 Å². The molecule has 0 bridgehead atoms. The second kappa shape index (κ2) is 6.00. The van der Waals surface area contributed by atoms with E-state index in [0.717, 1.165) is 0 Å². The summed E-state index contributed by atoms with van der Waals surface area (Å²) in [6.45, 7) is -0.220. The van der Waals surface area contributed by atoms with Gasteiger partial charge in [-0.1, -0.05) is 18.2 Å². The van der Waals surface area contributed by atoms with Gasteiger partial charge in [0.25, 0.3) is 0 Å². The molecule has 0 aliphatic heterocycles. The molecule has 0 radical (unpaired) electrons. The van der Waals surface area contributed by atoms with E-state index in [1.165, 1.54) is 0 Å². The molecule has 3 N–H and O–H groups in total. The Morgan fingerprint density at radius 1 is 1.06 bits per heavy atom. The normalized spacial score (nSPS) is 10.2. The lowest BCUT2D eigenvalue weighted by Crippen LogP contribution is -2.08. The maximum absolute atomic E-state index is 10.7. The topological polar surface area (TPSA) is 94.8 Å². The summed E-state index contributed by atoms with van der Waals surface area (Å²) in [6.07, 6.45) is -0.0128. The molecule has 5 heteroatoms. The second-order valence-corrected chi connectivity index (χ2v) is 3.68. The Kier molecular flexibility index (Phi) is 4.66. The van der Waals surface area contributed by atoms with Gasteiger partial charge in [-0.15, -0.1) is 0 Å². The average Bonchev–Trinajstić information content (AvgIpc) is 2.26. The first kappa shape index (κ1) is 13.2. The van der Waals surface area contributed by atoms with Crippen LogP contribution in [-0.4, -0.2) is 27.3 Å². The van der Waals surface area contributed by atoms with E-state index in [9.17, 15) is 9.59 Å². The highest BCUT2D eigenvalue weighted by atomic mass is 16.4. The summed E-state index contributed by atoms with van der Waals surface area (Å²) in [4.78, 5) is 21.2. The van der Waals surface area contributed by atoms with Crippen LogP contribution in [0.3, 0.4) is 0 Å². The highest BCUT2D eigenvalue weighted by Crippen LogP contribution is 2.18. The van der Waals surface area contributed by atoms with Crippen LogP contribution in [0.25, 0.3) is 0 Å². The van der Waals surface area contributed by atoms with Gasteiger partial charge in [0.05, 0.1) is 13.0 Å². The largest absolute Gasteiger partial charge is 0.481 e. The van der Waals surface area contributed by atoms with Crippen LogP contribution in [0, 0.1) is 0 Å². The number of carboxylic acids is 2. The van der Waals surface area contributed by atoms with E-state index in [1.807, 2.05) is 0 Å². The summed E-state index contributed by atoms with van der Waals surface area (Å²) in [5.41, 5.74) is 1.77. The van der Waals surface area contributed by atoms with Gasteiger partial charge in [0, 0.05) is 6.42 Å². The lowest BCUT2D eigenvalue weighted by atomic mass is 9.95. The molecule has 0 unspecified atom stereocenters. The SMILES string of the molecule is O=C(O)CCc1c(CO)cccc1CC(=O)O.